The maximum atomic E-state index is 11.7. The number of hydrogen-bond donors (Lipinski definition) is 1. The van der Waals surface area contributed by atoms with E-state index in [4.69, 9.17) is 0 Å². The summed E-state index contributed by atoms with van der Waals surface area (Å²) in [6.07, 6.45) is 0. The second-order valence-corrected chi connectivity index (χ2v) is 6.99. The van der Waals surface area contributed by atoms with Crippen LogP contribution in [0.4, 0.5) is 11.5 Å². The van der Waals surface area contributed by atoms with Gasteiger partial charge in [-0.2, -0.15) is 0 Å². The third-order valence-corrected chi connectivity index (χ3v) is 5.01. The molecule has 2 heterocycles. The van der Waals surface area contributed by atoms with E-state index in [1.807, 2.05) is 23.1 Å². The van der Waals surface area contributed by atoms with Crippen molar-refractivity contribution in [2.45, 2.75) is 6.54 Å². The number of anilines is 1. The summed E-state index contributed by atoms with van der Waals surface area (Å²) in [7, 11) is 0. The van der Waals surface area contributed by atoms with E-state index in [2.05, 4.69) is 27.2 Å². The number of non-ortho nitro benzene ring substituents is 1. The number of rotatable bonds is 6. The molecule has 1 N–H and O–H groups in total. The first-order valence-electron chi connectivity index (χ1n) is 9.48. The fourth-order valence-electron chi connectivity index (χ4n) is 3.43. The number of aromatic nitrogens is 3. The molecule has 10 heteroatoms. The zero-order chi connectivity index (χ0) is 21.1. The van der Waals surface area contributed by atoms with Crippen LogP contribution in [0.15, 0.2) is 54.6 Å². The largest absolute Gasteiger partial charge is 0.476 e. The Labute approximate surface area is 172 Å². The number of aromatic carboxylic acids is 1. The van der Waals surface area contributed by atoms with Crippen molar-refractivity contribution in [3.8, 4) is 5.69 Å². The molecule has 10 nitrogen and oxygen atoms in total. The zero-order valence-electron chi connectivity index (χ0n) is 16.1. The van der Waals surface area contributed by atoms with Gasteiger partial charge in [0, 0.05) is 44.9 Å². The average Bonchev–Trinajstić information content (AvgIpc) is 3.21. The lowest BCUT2D eigenvalue weighted by Crippen LogP contribution is -2.46. The molecular weight excluding hydrogens is 388 g/mol. The second kappa shape index (κ2) is 8.29. The number of nitro benzene ring substituents is 1. The maximum absolute atomic E-state index is 11.7. The smallest absolute Gasteiger partial charge is 0.360 e. The van der Waals surface area contributed by atoms with Gasteiger partial charge in [0.1, 0.15) is 0 Å². The molecule has 0 atom stereocenters. The van der Waals surface area contributed by atoms with Gasteiger partial charge in [-0.05, 0) is 17.7 Å². The number of carbonyl (C=O) groups is 1. The summed E-state index contributed by atoms with van der Waals surface area (Å²) in [4.78, 5) is 27.5. The molecule has 0 saturated carbocycles. The molecule has 0 amide bonds. The van der Waals surface area contributed by atoms with E-state index in [1.165, 1.54) is 34.6 Å². The number of nitrogens with zero attached hydrogens (tertiary/aromatic N) is 6. The number of carboxylic acids is 1. The Morgan fingerprint density at radius 1 is 1.00 bits per heavy atom. The highest BCUT2D eigenvalue weighted by atomic mass is 16.6. The topological polar surface area (TPSA) is 118 Å². The van der Waals surface area contributed by atoms with Crippen molar-refractivity contribution < 1.29 is 14.8 Å². The second-order valence-electron chi connectivity index (χ2n) is 6.99. The minimum atomic E-state index is -1.16. The lowest BCUT2D eigenvalue weighted by atomic mass is 10.2. The SMILES string of the molecule is O=C(O)c1nn(-c2ccc([N+](=O)[O-])cc2)nc1N1CCN(Cc2ccccc2)CC1. The number of carboxylic acid groups (broad SMARTS) is 1. The Hall–Kier alpha value is -3.79. The first-order valence-corrected chi connectivity index (χ1v) is 9.48. The zero-order valence-corrected chi connectivity index (χ0v) is 16.1. The van der Waals surface area contributed by atoms with E-state index in [0.717, 1.165) is 19.6 Å². The molecule has 1 aliphatic heterocycles. The van der Waals surface area contributed by atoms with Crippen molar-refractivity contribution >= 4 is 17.5 Å². The van der Waals surface area contributed by atoms with Gasteiger partial charge in [0.15, 0.2) is 5.82 Å². The molecule has 1 saturated heterocycles. The van der Waals surface area contributed by atoms with Crippen molar-refractivity contribution in [1.29, 1.82) is 0 Å². The quantitative estimate of drug-likeness (QED) is 0.487. The Kier molecular flexibility index (Phi) is 5.40. The minimum absolute atomic E-state index is 0.0564. The van der Waals surface area contributed by atoms with Gasteiger partial charge in [0.25, 0.3) is 5.69 Å². The van der Waals surface area contributed by atoms with Crippen LogP contribution in [0.1, 0.15) is 16.1 Å². The predicted molar refractivity (Wildman–Crippen MR) is 109 cm³/mol. The number of nitro groups is 1. The van der Waals surface area contributed by atoms with Crippen molar-refractivity contribution in [3.05, 3.63) is 76.0 Å². The summed E-state index contributed by atoms with van der Waals surface area (Å²) >= 11 is 0. The molecule has 3 aromatic rings. The van der Waals surface area contributed by atoms with Gasteiger partial charge in [0.05, 0.1) is 10.6 Å². The van der Waals surface area contributed by atoms with E-state index in [1.54, 1.807) is 0 Å². The van der Waals surface area contributed by atoms with Crippen LogP contribution in [-0.4, -0.2) is 62.1 Å². The van der Waals surface area contributed by atoms with Crippen LogP contribution in [0.5, 0.6) is 0 Å². The molecule has 154 valence electrons. The van der Waals surface area contributed by atoms with Gasteiger partial charge < -0.3 is 10.0 Å². The highest BCUT2D eigenvalue weighted by Crippen LogP contribution is 2.21. The first-order chi connectivity index (χ1) is 14.5. The summed E-state index contributed by atoms with van der Waals surface area (Å²) in [6, 6.07) is 15.8. The van der Waals surface area contributed by atoms with Crippen LogP contribution in [0.3, 0.4) is 0 Å². The normalized spacial score (nSPS) is 14.6. The summed E-state index contributed by atoms with van der Waals surface area (Å²) in [5.41, 5.74) is 1.50. The Bertz CT molecular complexity index is 1040. The van der Waals surface area contributed by atoms with Crippen molar-refractivity contribution in [2.75, 3.05) is 31.1 Å². The fraction of sp³-hybridized carbons (Fsp3) is 0.250. The van der Waals surface area contributed by atoms with Gasteiger partial charge in [-0.15, -0.1) is 15.0 Å². The van der Waals surface area contributed by atoms with E-state index in [-0.39, 0.29) is 11.4 Å². The summed E-state index contributed by atoms with van der Waals surface area (Å²) < 4.78 is 0. The highest BCUT2D eigenvalue weighted by molar-refractivity contribution is 5.91. The molecule has 0 radical (unpaired) electrons. The number of piperazine rings is 1. The molecule has 1 aromatic heterocycles. The minimum Gasteiger partial charge on any atom is -0.476 e. The molecule has 1 fully saturated rings. The van der Waals surface area contributed by atoms with Crippen molar-refractivity contribution in [3.63, 3.8) is 0 Å². The average molecular weight is 408 g/mol. The monoisotopic (exact) mass is 408 g/mol. The van der Waals surface area contributed by atoms with Crippen LogP contribution < -0.4 is 4.90 Å². The maximum Gasteiger partial charge on any atom is 0.360 e. The van der Waals surface area contributed by atoms with Gasteiger partial charge in [-0.1, -0.05) is 30.3 Å². The number of benzene rings is 2. The Morgan fingerprint density at radius 2 is 1.67 bits per heavy atom. The van der Waals surface area contributed by atoms with E-state index >= 15 is 0 Å². The van der Waals surface area contributed by atoms with Crippen LogP contribution >= 0.6 is 0 Å². The summed E-state index contributed by atoms with van der Waals surface area (Å²) in [5, 5.41) is 28.9. The van der Waals surface area contributed by atoms with Crippen LogP contribution in [0.2, 0.25) is 0 Å². The molecule has 0 unspecified atom stereocenters. The summed E-state index contributed by atoms with van der Waals surface area (Å²) in [5.74, 6) is -0.856. The summed E-state index contributed by atoms with van der Waals surface area (Å²) in [6.45, 7) is 3.66. The Morgan fingerprint density at radius 3 is 2.27 bits per heavy atom. The van der Waals surface area contributed by atoms with Crippen LogP contribution in [0.25, 0.3) is 5.69 Å². The molecule has 1 aliphatic rings. The molecular formula is C20H20N6O4. The van der Waals surface area contributed by atoms with E-state index in [0.29, 0.717) is 24.6 Å². The lowest BCUT2D eigenvalue weighted by molar-refractivity contribution is -0.384. The lowest BCUT2D eigenvalue weighted by Gasteiger charge is -2.34. The van der Waals surface area contributed by atoms with Crippen molar-refractivity contribution in [1.82, 2.24) is 19.9 Å². The molecule has 0 bridgehead atoms. The molecule has 0 spiro atoms. The Balaban J connectivity index is 1.50. The molecule has 4 rings (SSSR count). The fourth-order valence-corrected chi connectivity index (χ4v) is 3.43. The first kappa shape index (κ1) is 19.5. The number of hydrogen-bond acceptors (Lipinski definition) is 7. The van der Waals surface area contributed by atoms with Crippen LogP contribution in [0, 0.1) is 10.1 Å². The van der Waals surface area contributed by atoms with Gasteiger partial charge in [-0.3, -0.25) is 15.0 Å². The third-order valence-electron chi connectivity index (χ3n) is 5.01. The van der Waals surface area contributed by atoms with Gasteiger partial charge in [-0.25, -0.2) is 4.79 Å². The van der Waals surface area contributed by atoms with Crippen molar-refractivity contribution in [2.24, 2.45) is 0 Å². The third kappa shape index (κ3) is 4.13. The van der Waals surface area contributed by atoms with Gasteiger partial charge in [0.2, 0.25) is 5.69 Å². The molecule has 2 aromatic carbocycles. The predicted octanol–water partition coefficient (Wildman–Crippen LogP) is 2.20. The highest BCUT2D eigenvalue weighted by Gasteiger charge is 2.26. The van der Waals surface area contributed by atoms with Crippen LogP contribution in [-0.2, 0) is 6.54 Å². The molecule has 0 aliphatic carbocycles. The van der Waals surface area contributed by atoms with E-state index in [9.17, 15) is 20.0 Å². The standard InChI is InChI=1S/C20H20N6O4/c27-20(28)18-19(22-25(21-18)16-6-8-17(9-7-16)26(29)30)24-12-10-23(11-13-24)14-15-4-2-1-3-5-15/h1-9H,10-14H2,(H,27,28). The molecule has 30 heavy (non-hydrogen) atoms. The van der Waals surface area contributed by atoms with E-state index < -0.39 is 10.9 Å². The van der Waals surface area contributed by atoms with Gasteiger partial charge >= 0.3 is 5.97 Å².